The summed E-state index contributed by atoms with van der Waals surface area (Å²) in [7, 11) is 0. The monoisotopic (exact) mass is 242 g/mol. The standard InChI is InChI=1S/C13H26N2O2/c1-10(2)5-8-17-9-7-15-13(16)12-11(3)4-6-14-12/h10-12,14H,4-9H2,1-3H3,(H,15,16). The van der Waals surface area contributed by atoms with E-state index in [9.17, 15) is 4.79 Å². The van der Waals surface area contributed by atoms with E-state index in [0.29, 0.717) is 25.0 Å². The highest BCUT2D eigenvalue weighted by Gasteiger charge is 2.28. The molecular weight excluding hydrogens is 216 g/mol. The van der Waals surface area contributed by atoms with Crippen molar-refractivity contribution in [3.8, 4) is 0 Å². The lowest BCUT2D eigenvalue weighted by Gasteiger charge is -2.15. The highest BCUT2D eigenvalue weighted by Crippen LogP contribution is 2.13. The van der Waals surface area contributed by atoms with E-state index >= 15 is 0 Å². The highest BCUT2D eigenvalue weighted by atomic mass is 16.5. The van der Waals surface area contributed by atoms with Crippen LogP contribution in [0.15, 0.2) is 0 Å². The maximum absolute atomic E-state index is 11.8. The van der Waals surface area contributed by atoms with Gasteiger partial charge in [-0.25, -0.2) is 0 Å². The maximum atomic E-state index is 11.8. The Kier molecular flexibility index (Phi) is 6.52. The van der Waals surface area contributed by atoms with Gasteiger partial charge in [0.1, 0.15) is 0 Å². The Balaban J connectivity index is 2.00. The summed E-state index contributed by atoms with van der Waals surface area (Å²) in [4.78, 5) is 11.8. The second-order valence-corrected chi connectivity index (χ2v) is 5.28. The van der Waals surface area contributed by atoms with Crippen molar-refractivity contribution in [2.24, 2.45) is 11.8 Å². The third-order valence-electron chi connectivity index (χ3n) is 3.20. The molecule has 0 bridgehead atoms. The first-order valence-corrected chi connectivity index (χ1v) is 6.70. The molecule has 0 aromatic heterocycles. The van der Waals surface area contributed by atoms with Gasteiger partial charge in [-0.2, -0.15) is 0 Å². The molecule has 4 heteroatoms. The van der Waals surface area contributed by atoms with Crippen LogP contribution in [0.5, 0.6) is 0 Å². The average Bonchev–Trinajstić information content (AvgIpc) is 2.69. The summed E-state index contributed by atoms with van der Waals surface area (Å²) in [6, 6.07) is -0.00864. The predicted molar refractivity (Wildman–Crippen MR) is 68.9 cm³/mol. The van der Waals surface area contributed by atoms with Crippen LogP contribution in [-0.4, -0.2) is 38.3 Å². The minimum absolute atomic E-state index is 0.00864. The predicted octanol–water partition coefficient (Wildman–Crippen LogP) is 1.16. The zero-order chi connectivity index (χ0) is 12.7. The normalized spacial score (nSPS) is 24.2. The molecule has 0 radical (unpaired) electrons. The molecule has 1 saturated heterocycles. The van der Waals surface area contributed by atoms with Crippen LogP contribution < -0.4 is 10.6 Å². The molecular formula is C13H26N2O2. The van der Waals surface area contributed by atoms with Crippen molar-refractivity contribution < 1.29 is 9.53 Å². The van der Waals surface area contributed by atoms with Gasteiger partial charge in [-0.05, 0) is 31.2 Å². The summed E-state index contributed by atoms with van der Waals surface area (Å²) in [5.74, 6) is 1.23. The van der Waals surface area contributed by atoms with Crippen LogP contribution in [0.2, 0.25) is 0 Å². The molecule has 17 heavy (non-hydrogen) atoms. The number of hydrogen-bond donors (Lipinski definition) is 2. The molecule has 0 aliphatic carbocycles. The first kappa shape index (κ1) is 14.5. The molecule has 0 aromatic rings. The van der Waals surface area contributed by atoms with Gasteiger partial charge in [0, 0.05) is 13.2 Å². The first-order chi connectivity index (χ1) is 8.11. The van der Waals surface area contributed by atoms with Crippen LogP contribution in [-0.2, 0) is 9.53 Å². The number of rotatable bonds is 7. The zero-order valence-corrected chi connectivity index (χ0v) is 11.3. The highest BCUT2D eigenvalue weighted by molar-refractivity contribution is 5.82. The second-order valence-electron chi connectivity index (χ2n) is 5.28. The molecule has 2 atom stereocenters. The van der Waals surface area contributed by atoms with E-state index in [0.717, 1.165) is 26.0 Å². The van der Waals surface area contributed by atoms with E-state index in [1.165, 1.54) is 0 Å². The molecule has 1 aliphatic rings. The van der Waals surface area contributed by atoms with Crippen molar-refractivity contribution in [3.05, 3.63) is 0 Å². The Morgan fingerprint density at radius 1 is 1.47 bits per heavy atom. The fourth-order valence-electron chi connectivity index (χ4n) is 1.96. The number of carbonyl (C=O) groups excluding carboxylic acids is 1. The van der Waals surface area contributed by atoms with Crippen molar-refractivity contribution in [2.45, 2.75) is 39.7 Å². The fourth-order valence-corrected chi connectivity index (χ4v) is 1.96. The van der Waals surface area contributed by atoms with Crippen molar-refractivity contribution in [1.82, 2.24) is 10.6 Å². The second kappa shape index (κ2) is 7.67. The average molecular weight is 242 g/mol. The van der Waals surface area contributed by atoms with Crippen molar-refractivity contribution in [3.63, 3.8) is 0 Å². The Hall–Kier alpha value is -0.610. The van der Waals surface area contributed by atoms with Gasteiger partial charge in [0.15, 0.2) is 0 Å². The van der Waals surface area contributed by atoms with Crippen molar-refractivity contribution in [2.75, 3.05) is 26.3 Å². The van der Waals surface area contributed by atoms with Crippen LogP contribution in [0.25, 0.3) is 0 Å². The number of ether oxygens (including phenoxy) is 1. The van der Waals surface area contributed by atoms with E-state index < -0.39 is 0 Å². The molecule has 4 nitrogen and oxygen atoms in total. The van der Waals surface area contributed by atoms with Crippen molar-refractivity contribution >= 4 is 5.91 Å². The molecule has 1 aliphatic heterocycles. The van der Waals surface area contributed by atoms with Crippen LogP contribution in [0.3, 0.4) is 0 Å². The lowest BCUT2D eigenvalue weighted by atomic mass is 10.0. The number of amides is 1. The molecule has 1 heterocycles. The van der Waals surface area contributed by atoms with E-state index in [1.54, 1.807) is 0 Å². The Morgan fingerprint density at radius 3 is 2.82 bits per heavy atom. The molecule has 2 N–H and O–H groups in total. The summed E-state index contributed by atoms with van der Waals surface area (Å²) in [6.07, 6.45) is 2.16. The molecule has 1 rings (SSSR count). The third-order valence-corrected chi connectivity index (χ3v) is 3.20. The summed E-state index contributed by atoms with van der Waals surface area (Å²) >= 11 is 0. The number of nitrogens with one attached hydrogen (secondary N) is 2. The van der Waals surface area contributed by atoms with Gasteiger partial charge in [-0.15, -0.1) is 0 Å². The summed E-state index contributed by atoms with van der Waals surface area (Å²) in [5, 5.41) is 6.14. The largest absolute Gasteiger partial charge is 0.380 e. The van der Waals surface area contributed by atoms with Gasteiger partial charge >= 0.3 is 0 Å². The van der Waals surface area contributed by atoms with Crippen LogP contribution in [0.4, 0.5) is 0 Å². The van der Waals surface area contributed by atoms with E-state index in [1.807, 2.05) is 0 Å². The van der Waals surface area contributed by atoms with Gasteiger partial charge in [0.05, 0.1) is 12.6 Å². The Bertz CT molecular complexity index is 231. The molecule has 1 amide bonds. The lowest BCUT2D eigenvalue weighted by Crippen LogP contribution is -2.44. The maximum Gasteiger partial charge on any atom is 0.237 e. The molecule has 0 saturated carbocycles. The van der Waals surface area contributed by atoms with Gasteiger partial charge in [-0.3, -0.25) is 4.79 Å². The smallest absolute Gasteiger partial charge is 0.237 e. The van der Waals surface area contributed by atoms with Gasteiger partial charge < -0.3 is 15.4 Å². The quantitative estimate of drug-likeness (QED) is 0.659. The fraction of sp³-hybridized carbons (Fsp3) is 0.923. The molecule has 0 aromatic carbocycles. The van der Waals surface area contributed by atoms with Crippen LogP contribution in [0, 0.1) is 11.8 Å². The van der Waals surface area contributed by atoms with Gasteiger partial charge in [0.2, 0.25) is 5.91 Å². The first-order valence-electron chi connectivity index (χ1n) is 6.70. The number of carbonyl (C=O) groups is 1. The molecule has 2 unspecified atom stereocenters. The summed E-state index contributed by atoms with van der Waals surface area (Å²) < 4.78 is 5.45. The Labute approximate surface area is 104 Å². The van der Waals surface area contributed by atoms with Crippen molar-refractivity contribution in [1.29, 1.82) is 0 Å². The van der Waals surface area contributed by atoms with Gasteiger partial charge in [0.25, 0.3) is 0 Å². The Morgan fingerprint density at radius 2 is 2.24 bits per heavy atom. The summed E-state index contributed by atoms with van der Waals surface area (Å²) in [6.45, 7) is 9.43. The van der Waals surface area contributed by atoms with E-state index in [2.05, 4.69) is 31.4 Å². The molecule has 0 spiro atoms. The van der Waals surface area contributed by atoms with Crippen LogP contribution in [0.1, 0.15) is 33.6 Å². The zero-order valence-electron chi connectivity index (χ0n) is 11.3. The minimum Gasteiger partial charge on any atom is -0.380 e. The summed E-state index contributed by atoms with van der Waals surface area (Å²) in [5.41, 5.74) is 0. The van der Waals surface area contributed by atoms with E-state index in [-0.39, 0.29) is 11.9 Å². The molecule has 1 fully saturated rings. The molecule has 100 valence electrons. The van der Waals surface area contributed by atoms with Gasteiger partial charge in [-0.1, -0.05) is 20.8 Å². The SMILES string of the molecule is CC(C)CCOCCNC(=O)C1NCCC1C. The van der Waals surface area contributed by atoms with Crippen LogP contribution >= 0.6 is 0 Å². The van der Waals surface area contributed by atoms with E-state index in [4.69, 9.17) is 4.74 Å². The number of hydrogen-bond acceptors (Lipinski definition) is 3. The topological polar surface area (TPSA) is 50.4 Å². The minimum atomic E-state index is -0.00864. The lowest BCUT2D eigenvalue weighted by molar-refractivity contribution is -0.123. The third kappa shape index (κ3) is 5.50.